The van der Waals surface area contributed by atoms with Crippen molar-refractivity contribution in [2.24, 2.45) is 0 Å². The van der Waals surface area contributed by atoms with Crippen LogP contribution in [0.5, 0.6) is 0 Å². The molecule has 3 heteroatoms. The summed E-state index contributed by atoms with van der Waals surface area (Å²) in [6.07, 6.45) is -0.357. The number of pyridine rings is 1. The fourth-order valence-corrected chi connectivity index (χ4v) is 1.03. The van der Waals surface area contributed by atoms with Crippen LogP contribution >= 0.6 is 0 Å². The monoisotopic (exact) mass is 167 g/mol. The maximum Gasteiger partial charge on any atom is 0.200 e. The molecule has 0 aliphatic carbocycles. The second-order valence-electron chi connectivity index (χ2n) is 2.51. The summed E-state index contributed by atoms with van der Waals surface area (Å²) in [7, 11) is 3.19. The lowest BCUT2D eigenvalue weighted by molar-refractivity contribution is -0.108. The van der Waals surface area contributed by atoms with Gasteiger partial charge in [-0.25, -0.2) is 0 Å². The second-order valence-corrected chi connectivity index (χ2v) is 2.51. The Bertz CT molecular complexity index is 246. The number of aromatic nitrogens is 1. The summed E-state index contributed by atoms with van der Waals surface area (Å²) >= 11 is 0. The van der Waals surface area contributed by atoms with Gasteiger partial charge in [0.2, 0.25) is 6.29 Å². The van der Waals surface area contributed by atoms with E-state index in [1.165, 1.54) is 0 Å². The highest BCUT2D eigenvalue weighted by molar-refractivity contribution is 5.10. The van der Waals surface area contributed by atoms with E-state index < -0.39 is 0 Å². The summed E-state index contributed by atoms with van der Waals surface area (Å²) in [5.41, 5.74) is 1.77. The van der Waals surface area contributed by atoms with Crippen molar-refractivity contribution in [2.75, 3.05) is 14.2 Å². The van der Waals surface area contributed by atoms with Crippen LogP contribution in [0.2, 0.25) is 0 Å². The number of nitrogens with zero attached hydrogens (tertiary/aromatic N) is 1. The van der Waals surface area contributed by atoms with Crippen LogP contribution in [0.25, 0.3) is 0 Å². The molecule has 1 heterocycles. The summed E-state index contributed by atoms with van der Waals surface area (Å²) in [4.78, 5) is 4.27. The van der Waals surface area contributed by atoms with E-state index in [-0.39, 0.29) is 6.29 Å². The molecule has 0 saturated heterocycles. The van der Waals surface area contributed by atoms with Gasteiger partial charge >= 0.3 is 0 Å². The van der Waals surface area contributed by atoms with Crippen molar-refractivity contribution in [1.82, 2.24) is 4.98 Å². The minimum Gasteiger partial charge on any atom is -0.350 e. The van der Waals surface area contributed by atoms with E-state index in [2.05, 4.69) is 4.98 Å². The molecule has 0 saturated carbocycles. The molecule has 1 rings (SSSR count). The van der Waals surface area contributed by atoms with Gasteiger partial charge in [-0.15, -0.1) is 0 Å². The van der Waals surface area contributed by atoms with Gasteiger partial charge in [-0.3, -0.25) is 4.98 Å². The van der Waals surface area contributed by atoms with Gasteiger partial charge in [0.05, 0.1) is 5.69 Å². The van der Waals surface area contributed by atoms with E-state index in [1.54, 1.807) is 14.2 Å². The number of methoxy groups -OCH3 is 2. The summed E-state index contributed by atoms with van der Waals surface area (Å²) in [5, 5.41) is 0. The Hall–Kier alpha value is -0.930. The first-order valence-electron chi connectivity index (χ1n) is 3.77. The van der Waals surface area contributed by atoms with Gasteiger partial charge in [0.1, 0.15) is 0 Å². The van der Waals surface area contributed by atoms with Crippen LogP contribution < -0.4 is 0 Å². The molecule has 1 aromatic rings. The fraction of sp³-hybridized carbons (Fsp3) is 0.444. The van der Waals surface area contributed by atoms with Crippen LogP contribution in [-0.4, -0.2) is 19.2 Å². The molecule has 0 unspecified atom stereocenters. The highest BCUT2D eigenvalue weighted by atomic mass is 16.7. The molecule has 1 aromatic heterocycles. The molecular weight excluding hydrogens is 154 g/mol. The average molecular weight is 167 g/mol. The van der Waals surface area contributed by atoms with Crippen molar-refractivity contribution < 1.29 is 9.47 Å². The zero-order valence-corrected chi connectivity index (χ0v) is 7.57. The second kappa shape index (κ2) is 4.18. The van der Waals surface area contributed by atoms with E-state index in [4.69, 9.17) is 9.47 Å². The van der Waals surface area contributed by atoms with Gasteiger partial charge in [-0.2, -0.15) is 0 Å². The SMILES string of the molecule is COC(OC)c1cccc(C)n1. The van der Waals surface area contributed by atoms with Crippen LogP contribution in [0.4, 0.5) is 0 Å². The molecule has 0 aliphatic heterocycles. The van der Waals surface area contributed by atoms with Crippen LogP contribution in [0, 0.1) is 6.92 Å². The molecule has 0 N–H and O–H groups in total. The van der Waals surface area contributed by atoms with E-state index in [1.807, 2.05) is 25.1 Å². The Kier molecular flexibility index (Phi) is 3.19. The van der Waals surface area contributed by atoms with Crippen molar-refractivity contribution in [1.29, 1.82) is 0 Å². The van der Waals surface area contributed by atoms with E-state index in [9.17, 15) is 0 Å². The fourth-order valence-electron chi connectivity index (χ4n) is 1.03. The average Bonchev–Trinajstić information content (AvgIpc) is 2.07. The Morgan fingerprint density at radius 3 is 2.42 bits per heavy atom. The van der Waals surface area contributed by atoms with E-state index >= 15 is 0 Å². The van der Waals surface area contributed by atoms with Gasteiger partial charge in [-0.05, 0) is 19.1 Å². The molecule has 0 aromatic carbocycles. The molecule has 0 spiro atoms. The first kappa shape index (κ1) is 9.16. The van der Waals surface area contributed by atoms with Crippen molar-refractivity contribution in [3.05, 3.63) is 29.6 Å². The molecule has 0 aliphatic rings. The predicted octanol–water partition coefficient (Wildman–Crippen LogP) is 1.68. The largest absolute Gasteiger partial charge is 0.350 e. The quantitative estimate of drug-likeness (QED) is 0.642. The normalized spacial score (nSPS) is 10.7. The van der Waals surface area contributed by atoms with Crippen molar-refractivity contribution in [3.8, 4) is 0 Å². The lowest BCUT2D eigenvalue weighted by Gasteiger charge is -2.12. The highest BCUT2D eigenvalue weighted by Gasteiger charge is 2.09. The first-order valence-corrected chi connectivity index (χ1v) is 3.77. The third-order valence-corrected chi connectivity index (χ3v) is 1.58. The van der Waals surface area contributed by atoms with Gasteiger partial charge in [0, 0.05) is 19.9 Å². The number of hydrogen-bond acceptors (Lipinski definition) is 3. The molecule has 66 valence electrons. The number of hydrogen-bond donors (Lipinski definition) is 0. The summed E-state index contributed by atoms with van der Waals surface area (Å²) in [6.45, 7) is 1.94. The topological polar surface area (TPSA) is 31.4 Å². The molecule has 0 radical (unpaired) electrons. The summed E-state index contributed by atoms with van der Waals surface area (Å²) in [6, 6.07) is 5.75. The van der Waals surface area contributed by atoms with Crippen LogP contribution in [-0.2, 0) is 9.47 Å². The standard InChI is InChI=1S/C9H13NO2/c1-7-5-4-6-8(10-7)9(11-2)12-3/h4-6,9H,1-3H3. The smallest absolute Gasteiger partial charge is 0.200 e. The van der Waals surface area contributed by atoms with Crippen molar-refractivity contribution in [3.63, 3.8) is 0 Å². The summed E-state index contributed by atoms with van der Waals surface area (Å²) in [5.74, 6) is 0. The lowest BCUT2D eigenvalue weighted by Crippen LogP contribution is -2.06. The van der Waals surface area contributed by atoms with Crippen LogP contribution in [0.15, 0.2) is 18.2 Å². The Morgan fingerprint density at radius 1 is 1.25 bits per heavy atom. The molecule has 0 atom stereocenters. The lowest BCUT2D eigenvalue weighted by atomic mass is 10.3. The van der Waals surface area contributed by atoms with E-state index in [0.717, 1.165) is 11.4 Å². The molecule has 0 amide bonds. The van der Waals surface area contributed by atoms with Crippen molar-refractivity contribution in [2.45, 2.75) is 13.2 Å². The predicted molar refractivity (Wildman–Crippen MR) is 45.7 cm³/mol. The van der Waals surface area contributed by atoms with Crippen LogP contribution in [0.1, 0.15) is 17.7 Å². The number of ether oxygens (including phenoxy) is 2. The van der Waals surface area contributed by atoms with Crippen LogP contribution in [0.3, 0.4) is 0 Å². The molecule has 0 bridgehead atoms. The minimum absolute atomic E-state index is 0.357. The van der Waals surface area contributed by atoms with Gasteiger partial charge in [-0.1, -0.05) is 6.07 Å². The Labute approximate surface area is 72.3 Å². The maximum atomic E-state index is 5.06. The highest BCUT2D eigenvalue weighted by Crippen LogP contribution is 2.14. The molecule has 0 fully saturated rings. The van der Waals surface area contributed by atoms with Crippen molar-refractivity contribution >= 4 is 0 Å². The number of aryl methyl sites for hydroxylation is 1. The minimum atomic E-state index is -0.357. The third-order valence-electron chi connectivity index (χ3n) is 1.58. The molecule has 3 nitrogen and oxygen atoms in total. The Balaban J connectivity index is 2.85. The zero-order chi connectivity index (χ0) is 8.97. The molecule has 12 heavy (non-hydrogen) atoms. The molecular formula is C9H13NO2. The maximum absolute atomic E-state index is 5.06. The first-order chi connectivity index (χ1) is 5.77. The number of rotatable bonds is 3. The third kappa shape index (κ3) is 2.03. The zero-order valence-electron chi connectivity index (χ0n) is 7.57. The van der Waals surface area contributed by atoms with E-state index in [0.29, 0.717) is 0 Å². The summed E-state index contributed by atoms with van der Waals surface area (Å²) < 4.78 is 10.1. The Morgan fingerprint density at radius 2 is 1.92 bits per heavy atom. The van der Waals surface area contributed by atoms with Gasteiger partial charge in [0.25, 0.3) is 0 Å². The van der Waals surface area contributed by atoms with Gasteiger partial charge < -0.3 is 9.47 Å². The van der Waals surface area contributed by atoms with Gasteiger partial charge in [0.15, 0.2) is 0 Å².